The van der Waals surface area contributed by atoms with Crippen molar-refractivity contribution in [2.45, 2.75) is 111 Å². The second kappa shape index (κ2) is 23.3. The molecule has 0 saturated carbocycles. The van der Waals surface area contributed by atoms with Gasteiger partial charge < -0.3 is 19.7 Å². The average molecular weight is 814 g/mol. The van der Waals surface area contributed by atoms with Crippen molar-refractivity contribution in [2.24, 2.45) is 11.8 Å². The number of ketones is 2. The van der Waals surface area contributed by atoms with E-state index in [1.165, 1.54) is 65.5 Å². The molecule has 0 bridgehead atoms. The van der Waals surface area contributed by atoms with Crippen molar-refractivity contribution in [3.8, 4) is 5.75 Å². The molecule has 0 spiro atoms. The molecule has 0 aromatic heterocycles. The molecule has 4 aromatic rings. The Morgan fingerprint density at radius 2 is 1.42 bits per heavy atom. The van der Waals surface area contributed by atoms with Crippen LogP contribution in [0, 0.1) is 11.8 Å². The SMILES string of the molecule is CC=O.CCC(=O)c1ccc(N2CCN(CC3CCN(c4ccc(C5c6ccc(O)cc6CCC5c5ccccc5)cc4)CC3)CC2)cc1CC.CCCCC(=O)C(C)C. The Bertz CT molecular complexity index is 1940. The topological polar surface area (TPSA) is 81.2 Å². The fourth-order valence-corrected chi connectivity index (χ4v) is 9.27. The molecule has 2 atom stereocenters. The minimum absolute atomic E-state index is 0.233. The molecule has 60 heavy (non-hydrogen) atoms. The normalized spacial score (nSPS) is 18.1. The lowest BCUT2D eigenvalue weighted by molar-refractivity contribution is -0.122. The van der Waals surface area contributed by atoms with E-state index in [0.29, 0.717) is 23.9 Å². The Labute approximate surface area is 361 Å². The highest BCUT2D eigenvalue weighted by atomic mass is 16.3. The molecule has 7 heteroatoms. The number of hydrogen-bond donors (Lipinski definition) is 1. The highest BCUT2D eigenvalue weighted by molar-refractivity contribution is 5.97. The van der Waals surface area contributed by atoms with Crippen molar-refractivity contribution in [2.75, 3.05) is 55.6 Å². The third-order valence-corrected chi connectivity index (χ3v) is 12.8. The molecule has 1 N–H and O–H groups in total. The Morgan fingerprint density at radius 3 is 2.03 bits per heavy atom. The fraction of sp³-hybridized carbons (Fsp3) is 0.491. The molecule has 2 saturated heterocycles. The van der Waals surface area contributed by atoms with Gasteiger partial charge in [-0.05, 0) is 128 Å². The second-order valence-corrected chi connectivity index (χ2v) is 17.2. The molecule has 0 amide bonds. The smallest absolute Gasteiger partial charge is 0.162 e. The summed E-state index contributed by atoms with van der Waals surface area (Å²) in [6, 6.07) is 32.8. The molecule has 7 rings (SSSR count). The number of carbonyl (C=O) groups excluding carboxylic acids is 3. The van der Waals surface area contributed by atoms with Gasteiger partial charge in [0.2, 0.25) is 0 Å². The van der Waals surface area contributed by atoms with E-state index in [1.54, 1.807) is 0 Å². The van der Waals surface area contributed by atoms with E-state index >= 15 is 0 Å². The summed E-state index contributed by atoms with van der Waals surface area (Å²) >= 11 is 0. The van der Waals surface area contributed by atoms with Crippen LogP contribution in [0.3, 0.4) is 0 Å². The molecule has 4 aromatic carbocycles. The predicted molar refractivity (Wildman–Crippen MR) is 249 cm³/mol. The zero-order valence-electron chi connectivity index (χ0n) is 37.4. The lowest BCUT2D eigenvalue weighted by Gasteiger charge is -2.40. The van der Waals surface area contributed by atoms with Crippen LogP contribution in [0.5, 0.6) is 5.75 Å². The third kappa shape index (κ3) is 12.4. The summed E-state index contributed by atoms with van der Waals surface area (Å²) in [5, 5.41) is 10.2. The van der Waals surface area contributed by atoms with Crippen molar-refractivity contribution in [1.29, 1.82) is 0 Å². The van der Waals surface area contributed by atoms with Crippen molar-refractivity contribution in [1.82, 2.24) is 4.90 Å². The van der Waals surface area contributed by atoms with Crippen LogP contribution in [0.2, 0.25) is 0 Å². The van der Waals surface area contributed by atoms with Gasteiger partial charge >= 0.3 is 0 Å². The maximum absolute atomic E-state index is 12.4. The van der Waals surface area contributed by atoms with Gasteiger partial charge in [0, 0.05) is 87.4 Å². The number of unbranched alkanes of at least 4 members (excludes halogenated alkanes) is 1. The Hall–Kier alpha value is -4.75. The third-order valence-electron chi connectivity index (χ3n) is 12.8. The Balaban J connectivity index is 0.000000500. The number of rotatable bonds is 13. The van der Waals surface area contributed by atoms with Gasteiger partial charge in [-0.2, -0.15) is 0 Å². The largest absolute Gasteiger partial charge is 0.508 e. The number of phenolic OH excluding ortho intramolecular Hbond substituents is 1. The van der Waals surface area contributed by atoms with Crippen molar-refractivity contribution in [3.63, 3.8) is 0 Å². The number of Topliss-reactive ketones (excluding diaryl/α,β-unsaturated/α-hetero) is 2. The van der Waals surface area contributed by atoms with E-state index in [1.807, 2.05) is 32.9 Å². The van der Waals surface area contributed by atoms with E-state index in [9.17, 15) is 14.7 Å². The highest BCUT2D eigenvalue weighted by Crippen LogP contribution is 2.47. The minimum atomic E-state index is 0.233. The second-order valence-electron chi connectivity index (χ2n) is 17.2. The number of nitrogens with zero attached hydrogens (tertiary/aromatic N) is 3. The van der Waals surface area contributed by atoms with Crippen molar-refractivity contribution < 1.29 is 19.5 Å². The molecule has 7 nitrogen and oxygen atoms in total. The van der Waals surface area contributed by atoms with E-state index in [0.717, 1.165) is 95.6 Å². The van der Waals surface area contributed by atoms with Crippen LogP contribution in [-0.4, -0.2) is 73.7 Å². The standard InChI is InChI=1S/C43H51N3O2.C8H16O.C2H4O/c1-3-32-28-37(15-18-39(32)42(48)4-2)46-26-24-44(25-27-46)30-31-20-22-45(23-21-31)36-13-10-34(11-14-36)43-40(33-8-6-5-7-9-33)17-12-35-29-38(47)16-19-41(35)43;1-4-5-6-8(9)7(2)3;1-2-3/h5-11,13-16,18-19,28-29,31,40,43,47H,3-4,12,17,20-27,30H2,1-2H3;7H,4-6H2,1-3H3;2H,1H3. The summed E-state index contributed by atoms with van der Waals surface area (Å²) in [7, 11) is 0. The van der Waals surface area contributed by atoms with Gasteiger partial charge in [0.15, 0.2) is 5.78 Å². The number of aldehydes is 1. The van der Waals surface area contributed by atoms with Gasteiger partial charge in [0.05, 0.1) is 0 Å². The summed E-state index contributed by atoms with van der Waals surface area (Å²) in [5.41, 5.74) is 10.1. The monoisotopic (exact) mass is 814 g/mol. The lowest BCUT2D eigenvalue weighted by Crippen LogP contribution is -2.49. The zero-order chi connectivity index (χ0) is 43.0. The predicted octanol–water partition coefficient (Wildman–Crippen LogP) is 11.1. The number of phenols is 1. The number of piperidine rings is 1. The summed E-state index contributed by atoms with van der Waals surface area (Å²) in [4.78, 5) is 39.8. The van der Waals surface area contributed by atoms with Crippen LogP contribution in [0.4, 0.5) is 11.4 Å². The molecular weight excluding hydrogens is 743 g/mol. The van der Waals surface area contributed by atoms with Crippen LogP contribution in [0.15, 0.2) is 91.0 Å². The molecule has 2 fully saturated rings. The molecule has 1 aliphatic carbocycles. The number of carbonyl (C=O) groups is 3. The Kier molecular flexibility index (Phi) is 18.0. The van der Waals surface area contributed by atoms with Crippen LogP contribution in [0.1, 0.15) is 136 Å². The van der Waals surface area contributed by atoms with E-state index in [4.69, 9.17) is 4.79 Å². The number of piperazine rings is 1. The molecular formula is C53H71N3O4. The van der Waals surface area contributed by atoms with Gasteiger partial charge in [0.1, 0.15) is 17.8 Å². The van der Waals surface area contributed by atoms with E-state index < -0.39 is 0 Å². The molecule has 3 aliphatic rings. The van der Waals surface area contributed by atoms with Crippen LogP contribution in [-0.2, 0) is 22.4 Å². The Morgan fingerprint density at radius 1 is 0.767 bits per heavy atom. The van der Waals surface area contributed by atoms with Gasteiger partial charge in [-0.3, -0.25) is 14.5 Å². The maximum Gasteiger partial charge on any atom is 0.162 e. The molecule has 2 unspecified atom stereocenters. The first-order valence-electron chi connectivity index (χ1n) is 22.9. The highest BCUT2D eigenvalue weighted by Gasteiger charge is 2.32. The summed E-state index contributed by atoms with van der Waals surface area (Å²) in [6.07, 6.45) is 9.73. The average Bonchev–Trinajstić information content (AvgIpc) is 3.28. The number of hydrogen-bond acceptors (Lipinski definition) is 7. The first-order chi connectivity index (χ1) is 29.1. The van der Waals surface area contributed by atoms with Crippen molar-refractivity contribution >= 4 is 29.2 Å². The fourth-order valence-electron chi connectivity index (χ4n) is 9.27. The van der Waals surface area contributed by atoms with Crippen LogP contribution >= 0.6 is 0 Å². The quantitative estimate of drug-likeness (QED) is 0.106. The number of fused-ring (bicyclic) bond motifs is 1. The van der Waals surface area contributed by atoms with Gasteiger partial charge in [-0.15, -0.1) is 0 Å². The maximum atomic E-state index is 12.4. The zero-order valence-corrected chi connectivity index (χ0v) is 37.4. The van der Waals surface area contributed by atoms with Crippen LogP contribution in [0.25, 0.3) is 0 Å². The van der Waals surface area contributed by atoms with E-state index in [2.05, 4.69) is 107 Å². The van der Waals surface area contributed by atoms with Crippen molar-refractivity contribution in [3.05, 3.63) is 124 Å². The summed E-state index contributed by atoms with van der Waals surface area (Å²) in [5.74, 6) is 2.71. The minimum Gasteiger partial charge on any atom is -0.508 e. The number of aromatic hydroxyl groups is 1. The summed E-state index contributed by atoms with van der Waals surface area (Å²) < 4.78 is 0. The first-order valence-corrected chi connectivity index (χ1v) is 22.9. The summed E-state index contributed by atoms with van der Waals surface area (Å²) in [6.45, 7) is 19.3. The number of benzene rings is 4. The van der Waals surface area contributed by atoms with Gasteiger partial charge in [0.25, 0.3) is 0 Å². The van der Waals surface area contributed by atoms with E-state index in [-0.39, 0.29) is 17.6 Å². The first kappa shape index (κ1) is 46.3. The van der Waals surface area contributed by atoms with Gasteiger partial charge in [-0.25, -0.2) is 0 Å². The number of anilines is 2. The lowest BCUT2D eigenvalue weighted by atomic mass is 9.69. The molecule has 0 radical (unpaired) electrons. The van der Waals surface area contributed by atoms with Gasteiger partial charge in [-0.1, -0.05) is 89.6 Å². The number of aryl methyl sites for hydroxylation is 2. The molecule has 322 valence electrons. The van der Waals surface area contributed by atoms with Crippen LogP contribution < -0.4 is 9.80 Å². The molecule has 2 heterocycles. The molecule has 2 aliphatic heterocycles.